The predicted octanol–water partition coefficient (Wildman–Crippen LogP) is 14.9. The fourth-order valence-electron chi connectivity index (χ4n) is 6.63. The lowest BCUT2D eigenvalue weighted by molar-refractivity contribution is 0.669. The fourth-order valence-corrected chi connectivity index (χ4v) is 6.63. The molecule has 2 nitrogen and oxygen atoms in total. The highest BCUT2D eigenvalue weighted by Gasteiger charge is 2.16. The van der Waals surface area contributed by atoms with Crippen LogP contribution in [0.4, 0.5) is 17.1 Å². The molecule has 10 aromatic rings. The van der Waals surface area contributed by atoms with Crippen LogP contribution >= 0.6 is 0 Å². The van der Waals surface area contributed by atoms with E-state index in [4.69, 9.17) is 15.4 Å². The van der Waals surface area contributed by atoms with Crippen molar-refractivity contribution in [2.75, 3.05) is 4.90 Å². The molecule has 0 aliphatic heterocycles. The molecule has 10 rings (SSSR count). The van der Waals surface area contributed by atoms with Crippen molar-refractivity contribution < 1.29 is 25.0 Å². The Kier molecular flexibility index (Phi) is 4.88. The summed E-state index contributed by atoms with van der Waals surface area (Å²) in [6, 6.07) is 29.3. The molecule has 0 radical (unpaired) electrons. The van der Waals surface area contributed by atoms with E-state index in [9.17, 15) is 9.60 Å². The zero-order chi connectivity index (χ0) is 48.9. The Bertz CT molecular complexity index is 3630. The highest BCUT2D eigenvalue weighted by Crippen LogP contribution is 2.40. The van der Waals surface area contributed by atoms with Crippen molar-refractivity contribution in [1.29, 1.82) is 0 Å². The maximum absolute atomic E-state index is 9.71. The van der Waals surface area contributed by atoms with Crippen LogP contribution in [0, 0.1) is 0 Å². The average Bonchev–Trinajstić information content (AvgIpc) is 3.76. The van der Waals surface area contributed by atoms with Gasteiger partial charge in [-0.3, -0.25) is 0 Å². The molecule has 0 amide bonds. The quantitative estimate of drug-likeness (QED) is 0.164. The summed E-state index contributed by atoms with van der Waals surface area (Å²) in [5, 5.41) is -1.05. The third-order valence-electron chi connectivity index (χ3n) is 9.28. The first-order valence-electron chi connectivity index (χ1n) is 24.7. The van der Waals surface area contributed by atoms with Crippen LogP contribution in [0.3, 0.4) is 0 Å². The zero-order valence-corrected chi connectivity index (χ0v) is 28.4. The summed E-state index contributed by atoms with van der Waals surface area (Å²) in [4.78, 5) is 1.89. The highest BCUT2D eigenvalue weighted by atomic mass is 16.3. The minimum Gasteiger partial charge on any atom is -0.456 e. The summed E-state index contributed by atoms with van der Waals surface area (Å²) in [6.07, 6.45) is 0. The van der Waals surface area contributed by atoms with Gasteiger partial charge in [-0.2, -0.15) is 0 Å². The summed E-state index contributed by atoms with van der Waals surface area (Å²) in [7, 11) is 0. The topological polar surface area (TPSA) is 16.4 Å². The molecule has 0 bridgehead atoms. The van der Waals surface area contributed by atoms with Crippen molar-refractivity contribution in [1.82, 2.24) is 0 Å². The molecule has 1 aromatic heterocycles. The Hall–Kier alpha value is -7.16. The number of hydrogen-bond acceptors (Lipinski definition) is 2. The van der Waals surface area contributed by atoms with E-state index in [1.54, 1.807) is 0 Å². The van der Waals surface area contributed by atoms with Crippen molar-refractivity contribution in [3.05, 3.63) is 212 Å². The van der Waals surface area contributed by atoms with Gasteiger partial charge in [0.2, 0.25) is 0 Å². The number of hydrogen-bond donors (Lipinski definition) is 0. The maximum Gasteiger partial charge on any atom is 0.136 e. The summed E-state index contributed by atoms with van der Waals surface area (Å²) in [5.74, 6) is 0. The van der Waals surface area contributed by atoms with Crippen LogP contribution in [0.25, 0.3) is 77.2 Å². The first kappa shape index (κ1) is 19.6. The van der Waals surface area contributed by atoms with Crippen molar-refractivity contribution in [2.45, 2.75) is 0 Å². The normalized spacial score (nSPS) is 15.2. The third kappa shape index (κ3) is 5.81. The van der Waals surface area contributed by atoms with Crippen LogP contribution in [-0.2, 0) is 0 Å². The standard InChI is InChI=1S/C52H35NO/c1-4-10-36(11-5-1)39-18-26-45(27-19-39)53(46-28-20-40(21-29-46)37-12-6-2-7-13-37)47-30-22-41(23-31-47)43-17-16-42-25-33-50-52(49(42)34-43)48-32-24-44(35-51(48)54-50)38-14-8-3-9-15-38/h1-35H/i3D,8D,9D,14D,15D,16D,17D,22D,23D,24D,25D,32D,33D,34D,35D. The molecule has 0 unspecified atom stereocenters. The molecule has 54 heavy (non-hydrogen) atoms. The van der Waals surface area contributed by atoms with Crippen LogP contribution < -0.4 is 4.90 Å². The number of anilines is 3. The lowest BCUT2D eigenvalue weighted by Gasteiger charge is -2.26. The van der Waals surface area contributed by atoms with Crippen LogP contribution in [0.15, 0.2) is 216 Å². The van der Waals surface area contributed by atoms with Crippen molar-refractivity contribution >= 4 is 49.8 Å². The largest absolute Gasteiger partial charge is 0.456 e. The smallest absolute Gasteiger partial charge is 0.136 e. The van der Waals surface area contributed by atoms with Gasteiger partial charge in [0.1, 0.15) is 11.2 Å². The summed E-state index contributed by atoms with van der Waals surface area (Å²) >= 11 is 0. The van der Waals surface area contributed by atoms with Gasteiger partial charge in [0.05, 0.1) is 20.6 Å². The second-order valence-corrected chi connectivity index (χ2v) is 12.5. The third-order valence-corrected chi connectivity index (χ3v) is 9.28. The van der Waals surface area contributed by atoms with E-state index in [1.807, 2.05) is 114 Å². The SMILES string of the molecule is [2H]c1cc(N(c2ccc(-c3ccccc3)cc2)c2ccc(-c3ccccc3)cc2)cc([2H])c1-c1c([2H])c([2H])c2c([2H])c([2H])c3oc4c([2H])c(-c5c([2H])c([2H])c([2H])c([2H])c5[2H])c([2H])c([2H])c4c3c2c1[2H]. The summed E-state index contributed by atoms with van der Waals surface area (Å²) < 4.78 is 140. The van der Waals surface area contributed by atoms with E-state index in [0.29, 0.717) is 17.1 Å². The van der Waals surface area contributed by atoms with Crippen LogP contribution in [0.5, 0.6) is 0 Å². The molecule has 0 atom stereocenters. The number of benzene rings is 9. The Balaban J connectivity index is 1.19. The molecule has 0 saturated heterocycles. The van der Waals surface area contributed by atoms with Gasteiger partial charge in [0.15, 0.2) is 0 Å². The van der Waals surface area contributed by atoms with Gasteiger partial charge in [-0.05, 0) is 116 Å². The Morgan fingerprint density at radius 1 is 0.352 bits per heavy atom. The fraction of sp³-hybridized carbons (Fsp3) is 0. The van der Waals surface area contributed by atoms with Crippen LogP contribution in [0.2, 0.25) is 0 Å². The van der Waals surface area contributed by atoms with E-state index >= 15 is 0 Å². The molecular weight excluding hydrogens is 655 g/mol. The van der Waals surface area contributed by atoms with Crippen LogP contribution in [-0.4, -0.2) is 0 Å². The monoisotopic (exact) mass is 704 g/mol. The van der Waals surface area contributed by atoms with E-state index in [1.165, 1.54) is 12.1 Å². The first-order chi connectivity index (χ1) is 33.0. The molecule has 9 aromatic carbocycles. The van der Waals surface area contributed by atoms with Gasteiger partial charge >= 0.3 is 0 Å². The summed E-state index contributed by atoms with van der Waals surface area (Å²) in [6.45, 7) is 0. The van der Waals surface area contributed by atoms with E-state index < -0.39 is 101 Å². The van der Waals surface area contributed by atoms with Crippen molar-refractivity contribution in [3.8, 4) is 44.5 Å². The minimum absolute atomic E-state index is 0.178. The first-order valence-corrected chi connectivity index (χ1v) is 17.2. The molecule has 254 valence electrons. The number of rotatable bonds is 7. The minimum atomic E-state index is -0.724. The molecule has 0 spiro atoms. The Morgan fingerprint density at radius 2 is 0.870 bits per heavy atom. The maximum atomic E-state index is 9.71. The lowest BCUT2D eigenvalue weighted by atomic mass is 9.97. The van der Waals surface area contributed by atoms with Gasteiger partial charge in [-0.15, -0.1) is 0 Å². The average molecular weight is 705 g/mol. The van der Waals surface area contributed by atoms with Gasteiger partial charge in [0, 0.05) is 27.8 Å². The second kappa shape index (κ2) is 13.4. The van der Waals surface area contributed by atoms with Gasteiger partial charge < -0.3 is 9.32 Å². The highest BCUT2D eigenvalue weighted by molar-refractivity contribution is 6.19. The molecule has 0 N–H and O–H groups in total. The molecule has 0 fully saturated rings. The van der Waals surface area contributed by atoms with Crippen molar-refractivity contribution in [2.24, 2.45) is 0 Å². The number of furan rings is 1. The Morgan fingerprint density at radius 3 is 1.50 bits per heavy atom. The molecule has 2 heteroatoms. The summed E-state index contributed by atoms with van der Waals surface area (Å²) in [5.41, 5.74) is 3.49. The van der Waals surface area contributed by atoms with Gasteiger partial charge in [-0.1, -0.05) is 151 Å². The number of fused-ring (bicyclic) bond motifs is 5. The lowest BCUT2D eigenvalue weighted by Crippen LogP contribution is -2.09. The second-order valence-electron chi connectivity index (χ2n) is 12.5. The zero-order valence-electron chi connectivity index (χ0n) is 43.4. The Labute approximate surface area is 335 Å². The number of nitrogens with zero attached hydrogens (tertiary/aromatic N) is 1. The van der Waals surface area contributed by atoms with E-state index in [-0.39, 0.29) is 44.8 Å². The van der Waals surface area contributed by atoms with Crippen LogP contribution in [0.1, 0.15) is 20.6 Å². The van der Waals surface area contributed by atoms with Gasteiger partial charge in [-0.25, -0.2) is 0 Å². The molecule has 0 aliphatic rings. The molecule has 0 saturated carbocycles. The molecule has 1 heterocycles. The predicted molar refractivity (Wildman–Crippen MR) is 228 cm³/mol. The molecule has 0 aliphatic carbocycles. The van der Waals surface area contributed by atoms with E-state index in [2.05, 4.69) is 0 Å². The van der Waals surface area contributed by atoms with Gasteiger partial charge in [0.25, 0.3) is 0 Å². The van der Waals surface area contributed by atoms with E-state index in [0.717, 1.165) is 22.3 Å². The molecular formula is C52H35NO. The van der Waals surface area contributed by atoms with Crippen molar-refractivity contribution in [3.63, 3.8) is 0 Å².